The van der Waals surface area contributed by atoms with Crippen molar-refractivity contribution in [2.45, 2.75) is 26.2 Å². The van der Waals surface area contributed by atoms with Gasteiger partial charge < -0.3 is 10.8 Å². The Balaban J connectivity index is 2.71. The molecule has 0 saturated heterocycles. The Kier molecular flexibility index (Phi) is 3.63. The van der Waals surface area contributed by atoms with Crippen LogP contribution in [0.1, 0.15) is 26.2 Å². The van der Waals surface area contributed by atoms with E-state index in [4.69, 9.17) is 10.8 Å². The van der Waals surface area contributed by atoms with Crippen LogP contribution in [0.3, 0.4) is 0 Å². The Labute approximate surface area is 83.5 Å². The molecule has 0 aromatic carbocycles. The summed E-state index contributed by atoms with van der Waals surface area (Å²) in [5, 5.41) is 8.94. The molecule has 0 spiro atoms. The highest BCUT2D eigenvalue weighted by Gasteiger charge is 2.35. The fourth-order valence-electron chi connectivity index (χ4n) is 2.17. The van der Waals surface area contributed by atoms with Gasteiger partial charge in [0.1, 0.15) is 5.78 Å². The molecule has 0 amide bonds. The number of carbonyl (C=O) groups excluding carboxylic acids is 1. The highest BCUT2D eigenvalue weighted by Crippen LogP contribution is 2.33. The molecule has 0 radical (unpaired) electrons. The van der Waals surface area contributed by atoms with Crippen molar-refractivity contribution in [3.63, 3.8) is 0 Å². The summed E-state index contributed by atoms with van der Waals surface area (Å²) >= 11 is 0. The lowest BCUT2D eigenvalue weighted by molar-refractivity contribution is -0.145. The van der Waals surface area contributed by atoms with Gasteiger partial charge in [0.25, 0.3) is 0 Å². The maximum absolute atomic E-state index is 11.2. The van der Waals surface area contributed by atoms with Crippen molar-refractivity contribution in [3.05, 3.63) is 0 Å². The number of Topliss-reactive ketones (excluding diaryl/α,β-unsaturated/α-hetero) is 1. The zero-order valence-electron chi connectivity index (χ0n) is 8.40. The summed E-state index contributed by atoms with van der Waals surface area (Å²) in [6.45, 7) is 2.13. The predicted molar refractivity (Wildman–Crippen MR) is 51.7 cm³/mol. The fraction of sp³-hybridized carbons (Fsp3) is 0.800. The molecule has 1 fully saturated rings. The molecule has 3 atom stereocenters. The maximum Gasteiger partial charge on any atom is 0.308 e. The third-order valence-electron chi connectivity index (χ3n) is 3.16. The van der Waals surface area contributed by atoms with E-state index in [1.165, 1.54) is 0 Å². The van der Waals surface area contributed by atoms with Crippen LogP contribution in [0.2, 0.25) is 0 Å². The van der Waals surface area contributed by atoms with Gasteiger partial charge in [-0.25, -0.2) is 0 Å². The number of hydrogen-bond donors (Lipinski definition) is 2. The first-order chi connectivity index (χ1) is 6.56. The lowest BCUT2D eigenvalue weighted by Crippen LogP contribution is -2.37. The molecule has 0 heterocycles. The first kappa shape index (κ1) is 11.2. The Bertz CT molecular complexity index is 240. The molecule has 14 heavy (non-hydrogen) atoms. The summed E-state index contributed by atoms with van der Waals surface area (Å²) in [6.07, 6.45) is 1.77. The molecule has 1 saturated carbocycles. The largest absolute Gasteiger partial charge is 0.481 e. The standard InChI is InChI=1S/C10H17NO3/c1-6-2-3-7(12)4-8(6)9(5-11)10(13)14/h6,8-9H,2-5,11H2,1H3,(H,13,14). The zero-order valence-corrected chi connectivity index (χ0v) is 8.40. The van der Waals surface area contributed by atoms with Crippen molar-refractivity contribution in [2.24, 2.45) is 23.5 Å². The zero-order chi connectivity index (χ0) is 10.7. The molecule has 4 heteroatoms. The van der Waals surface area contributed by atoms with Gasteiger partial charge in [-0.15, -0.1) is 0 Å². The van der Waals surface area contributed by atoms with Crippen LogP contribution in [0.15, 0.2) is 0 Å². The summed E-state index contributed by atoms with van der Waals surface area (Å²) in [5.74, 6) is -1.04. The van der Waals surface area contributed by atoms with Crippen molar-refractivity contribution in [2.75, 3.05) is 6.54 Å². The van der Waals surface area contributed by atoms with Crippen LogP contribution in [-0.2, 0) is 9.59 Å². The van der Waals surface area contributed by atoms with Crippen LogP contribution >= 0.6 is 0 Å². The minimum absolute atomic E-state index is 0.0706. The number of hydrogen-bond acceptors (Lipinski definition) is 3. The van der Waals surface area contributed by atoms with Crippen LogP contribution in [0.25, 0.3) is 0 Å². The lowest BCUT2D eigenvalue weighted by Gasteiger charge is -2.31. The highest BCUT2D eigenvalue weighted by molar-refractivity contribution is 5.80. The third-order valence-corrected chi connectivity index (χ3v) is 3.16. The van der Waals surface area contributed by atoms with Crippen LogP contribution < -0.4 is 5.73 Å². The summed E-state index contributed by atoms with van der Waals surface area (Å²) in [5.41, 5.74) is 5.42. The van der Waals surface area contributed by atoms with Gasteiger partial charge in [0, 0.05) is 19.4 Å². The fourth-order valence-corrected chi connectivity index (χ4v) is 2.17. The van der Waals surface area contributed by atoms with Crippen LogP contribution in [0.5, 0.6) is 0 Å². The average molecular weight is 199 g/mol. The van der Waals surface area contributed by atoms with Gasteiger partial charge in [0.2, 0.25) is 0 Å². The van der Waals surface area contributed by atoms with Gasteiger partial charge in [-0.05, 0) is 18.3 Å². The van der Waals surface area contributed by atoms with Crippen molar-refractivity contribution < 1.29 is 14.7 Å². The van der Waals surface area contributed by atoms with Crippen LogP contribution in [0, 0.1) is 17.8 Å². The van der Waals surface area contributed by atoms with E-state index in [2.05, 4.69) is 0 Å². The van der Waals surface area contributed by atoms with Gasteiger partial charge in [0.15, 0.2) is 0 Å². The molecule has 1 aliphatic rings. The van der Waals surface area contributed by atoms with E-state index in [-0.39, 0.29) is 24.2 Å². The monoisotopic (exact) mass is 199 g/mol. The quantitative estimate of drug-likeness (QED) is 0.699. The second kappa shape index (κ2) is 4.55. The number of carbonyl (C=O) groups is 2. The number of nitrogens with two attached hydrogens (primary N) is 1. The molecule has 1 rings (SSSR count). The smallest absolute Gasteiger partial charge is 0.308 e. The average Bonchev–Trinajstić information content (AvgIpc) is 2.11. The summed E-state index contributed by atoms with van der Waals surface area (Å²) in [7, 11) is 0. The molecule has 3 N–H and O–H groups in total. The van der Waals surface area contributed by atoms with E-state index in [0.717, 1.165) is 6.42 Å². The van der Waals surface area contributed by atoms with Crippen molar-refractivity contribution in [1.82, 2.24) is 0 Å². The topological polar surface area (TPSA) is 80.4 Å². The second-order valence-electron chi connectivity index (χ2n) is 4.10. The van der Waals surface area contributed by atoms with E-state index in [1.54, 1.807) is 0 Å². The summed E-state index contributed by atoms with van der Waals surface area (Å²) < 4.78 is 0. The summed E-state index contributed by atoms with van der Waals surface area (Å²) in [4.78, 5) is 22.1. The molecular weight excluding hydrogens is 182 g/mol. The van der Waals surface area contributed by atoms with Crippen molar-refractivity contribution in [1.29, 1.82) is 0 Å². The second-order valence-corrected chi connectivity index (χ2v) is 4.10. The van der Waals surface area contributed by atoms with Crippen molar-refractivity contribution >= 4 is 11.8 Å². The van der Waals surface area contributed by atoms with E-state index < -0.39 is 11.9 Å². The first-order valence-electron chi connectivity index (χ1n) is 5.00. The number of ketones is 1. The molecule has 1 aliphatic carbocycles. The molecule has 0 aromatic rings. The molecule has 80 valence electrons. The summed E-state index contributed by atoms with van der Waals surface area (Å²) in [6, 6.07) is 0. The first-order valence-corrected chi connectivity index (χ1v) is 5.00. The van der Waals surface area contributed by atoms with Gasteiger partial charge >= 0.3 is 5.97 Å². The van der Waals surface area contributed by atoms with Crippen LogP contribution in [-0.4, -0.2) is 23.4 Å². The lowest BCUT2D eigenvalue weighted by atomic mass is 9.73. The van der Waals surface area contributed by atoms with E-state index in [9.17, 15) is 9.59 Å². The normalized spacial score (nSPS) is 30.0. The molecule has 3 unspecified atom stereocenters. The number of carboxylic acid groups (broad SMARTS) is 1. The molecule has 0 aromatic heterocycles. The van der Waals surface area contributed by atoms with E-state index in [1.807, 2.05) is 6.92 Å². The molecule has 0 aliphatic heterocycles. The van der Waals surface area contributed by atoms with E-state index in [0.29, 0.717) is 12.8 Å². The van der Waals surface area contributed by atoms with Crippen LogP contribution in [0.4, 0.5) is 0 Å². The Morgan fingerprint density at radius 3 is 2.86 bits per heavy atom. The number of carboxylic acids is 1. The third kappa shape index (κ3) is 2.32. The Morgan fingerprint density at radius 1 is 1.71 bits per heavy atom. The van der Waals surface area contributed by atoms with Gasteiger partial charge in [-0.3, -0.25) is 9.59 Å². The van der Waals surface area contributed by atoms with Gasteiger partial charge in [-0.1, -0.05) is 6.92 Å². The van der Waals surface area contributed by atoms with Crippen molar-refractivity contribution in [3.8, 4) is 0 Å². The molecule has 4 nitrogen and oxygen atoms in total. The highest BCUT2D eigenvalue weighted by atomic mass is 16.4. The predicted octanol–water partition coefficient (Wildman–Crippen LogP) is 0.651. The molecule has 0 bridgehead atoms. The van der Waals surface area contributed by atoms with Gasteiger partial charge in [0.05, 0.1) is 5.92 Å². The van der Waals surface area contributed by atoms with Gasteiger partial charge in [-0.2, -0.15) is 0 Å². The minimum atomic E-state index is -0.876. The Hall–Kier alpha value is -0.900. The molecular formula is C10H17NO3. The minimum Gasteiger partial charge on any atom is -0.481 e. The number of rotatable bonds is 3. The Morgan fingerprint density at radius 2 is 2.36 bits per heavy atom. The SMILES string of the molecule is CC1CCC(=O)CC1C(CN)C(=O)O. The maximum atomic E-state index is 11.2. The van der Waals surface area contributed by atoms with E-state index >= 15 is 0 Å². The number of aliphatic carboxylic acids is 1.